The van der Waals surface area contributed by atoms with Gasteiger partial charge in [0, 0.05) is 17.6 Å². The summed E-state index contributed by atoms with van der Waals surface area (Å²) < 4.78 is 0.718. The number of carbonyl (C=O) groups is 1. The van der Waals surface area contributed by atoms with Gasteiger partial charge in [-0.3, -0.25) is 10.1 Å². The van der Waals surface area contributed by atoms with E-state index in [0.717, 1.165) is 41.8 Å². The summed E-state index contributed by atoms with van der Waals surface area (Å²) in [6.07, 6.45) is 2.29. The molecule has 3 rings (SSSR count). The SMILES string of the molecule is O=C(NC(=S)Nc1cccc(Cl)c1N1CCCC1)c1ccccc1Br. The zero-order valence-corrected chi connectivity index (χ0v) is 16.5. The van der Waals surface area contributed by atoms with Crippen LogP contribution in [-0.4, -0.2) is 24.1 Å². The average Bonchev–Trinajstić information content (AvgIpc) is 3.09. The molecule has 2 aromatic carbocycles. The van der Waals surface area contributed by atoms with Crippen molar-refractivity contribution in [3.8, 4) is 0 Å². The van der Waals surface area contributed by atoms with Gasteiger partial charge in [0.25, 0.3) is 5.91 Å². The Morgan fingerprint density at radius 2 is 1.84 bits per heavy atom. The molecule has 0 unspecified atom stereocenters. The number of nitrogens with zero attached hydrogens (tertiary/aromatic N) is 1. The van der Waals surface area contributed by atoms with Crippen LogP contribution in [-0.2, 0) is 0 Å². The molecule has 4 nitrogen and oxygen atoms in total. The van der Waals surface area contributed by atoms with E-state index in [0.29, 0.717) is 10.6 Å². The summed E-state index contributed by atoms with van der Waals surface area (Å²) in [5.74, 6) is -0.269. The van der Waals surface area contributed by atoms with Gasteiger partial charge in [-0.05, 0) is 65.3 Å². The maximum absolute atomic E-state index is 12.4. The second kappa shape index (κ2) is 8.17. The van der Waals surface area contributed by atoms with Crippen LogP contribution in [0.5, 0.6) is 0 Å². The van der Waals surface area contributed by atoms with Crippen LogP contribution in [0, 0.1) is 0 Å². The van der Waals surface area contributed by atoms with E-state index < -0.39 is 0 Å². The second-order valence-electron chi connectivity index (χ2n) is 5.72. The van der Waals surface area contributed by atoms with Gasteiger partial charge in [-0.1, -0.05) is 29.8 Å². The second-order valence-corrected chi connectivity index (χ2v) is 7.39. The highest BCUT2D eigenvalue weighted by Crippen LogP contribution is 2.35. The maximum atomic E-state index is 12.4. The minimum atomic E-state index is -0.269. The lowest BCUT2D eigenvalue weighted by Crippen LogP contribution is -2.35. The molecule has 0 spiro atoms. The number of hydrogen-bond acceptors (Lipinski definition) is 3. The topological polar surface area (TPSA) is 44.4 Å². The molecule has 0 aliphatic carbocycles. The van der Waals surface area contributed by atoms with Crippen molar-refractivity contribution in [2.75, 3.05) is 23.3 Å². The summed E-state index contributed by atoms with van der Waals surface area (Å²) in [6, 6.07) is 12.8. The van der Waals surface area contributed by atoms with Crippen LogP contribution >= 0.6 is 39.7 Å². The molecule has 0 atom stereocenters. The summed E-state index contributed by atoms with van der Waals surface area (Å²) in [4.78, 5) is 14.6. The van der Waals surface area contributed by atoms with E-state index >= 15 is 0 Å². The van der Waals surface area contributed by atoms with Crippen molar-refractivity contribution in [2.24, 2.45) is 0 Å². The van der Waals surface area contributed by atoms with E-state index in [1.165, 1.54) is 0 Å². The molecular weight excluding hydrogens is 422 g/mol. The Morgan fingerprint density at radius 1 is 1.12 bits per heavy atom. The highest BCUT2D eigenvalue weighted by atomic mass is 79.9. The Labute approximate surface area is 165 Å². The Bertz CT molecular complexity index is 809. The van der Waals surface area contributed by atoms with Gasteiger partial charge in [-0.15, -0.1) is 0 Å². The molecule has 0 saturated carbocycles. The molecule has 1 aliphatic heterocycles. The van der Waals surface area contributed by atoms with Crippen LogP contribution in [0.3, 0.4) is 0 Å². The largest absolute Gasteiger partial charge is 0.369 e. The van der Waals surface area contributed by atoms with Crippen molar-refractivity contribution in [3.63, 3.8) is 0 Å². The van der Waals surface area contributed by atoms with Gasteiger partial charge in [0.05, 0.1) is 22.0 Å². The number of anilines is 2. The van der Waals surface area contributed by atoms with E-state index in [2.05, 4.69) is 31.5 Å². The van der Waals surface area contributed by atoms with Crippen molar-refractivity contribution in [2.45, 2.75) is 12.8 Å². The van der Waals surface area contributed by atoms with E-state index in [-0.39, 0.29) is 11.0 Å². The molecule has 0 bridgehead atoms. The molecular formula is C18H17BrClN3OS. The number of thiocarbonyl (C=S) groups is 1. The lowest BCUT2D eigenvalue weighted by molar-refractivity contribution is 0.0977. The van der Waals surface area contributed by atoms with Crippen molar-refractivity contribution in [3.05, 3.63) is 57.5 Å². The smallest absolute Gasteiger partial charge is 0.258 e. The monoisotopic (exact) mass is 437 g/mol. The molecule has 1 amide bonds. The third-order valence-corrected chi connectivity index (χ3v) is 5.20. The van der Waals surface area contributed by atoms with Gasteiger partial charge in [0.15, 0.2) is 5.11 Å². The van der Waals surface area contributed by atoms with Crippen molar-refractivity contribution >= 4 is 62.1 Å². The van der Waals surface area contributed by atoms with Gasteiger partial charge in [0.1, 0.15) is 0 Å². The molecule has 25 heavy (non-hydrogen) atoms. The highest BCUT2D eigenvalue weighted by Gasteiger charge is 2.19. The Kier molecular flexibility index (Phi) is 5.93. The minimum Gasteiger partial charge on any atom is -0.369 e. The fourth-order valence-corrected chi connectivity index (χ4v) is 3.81. The van der Waals surface area contributed by atoms with E-state index in [1.54, 1.807) is 12.1 Å². The van der Waals surface area contributed by atoms with Gasteiger partial charge in [-0.25, -0.2) is 0 Å². The number of benzene rings is 2. The van der Waals surface area contributed by atoms with E-state index in [1.807, 2.05) is 30.3 Å². The normalized spacial score (nSPS) is 13.6. The van der Waals surface area contributed by atoms with Crippen LogP contribution in [0.4, 0.5) is 11.4 Å². The first-order valence-corrected chi connectivity index (χ1v) is 9.54. The number of halogens is 2. The molecule has 7 heteroatoms. The maximum Gasteiger partial charge on any atom is 0.258 e. The molecule has 1 heterocycles. The van der Waals surface area contributed by atoms with Crippen LogP contribution in [0.2, 0.25) is 5.02 Å². The molecule has 0 radical (unpaired) electrons. The lowest BCUT2D eigenvalue weighted by atomic mass is 10.2. The number of amides is 1. The van der Waals surface area contributed by atoms with Gasteiger partial charge in [-0.2, -0.15) is 0 Å². The predicted octanol–water partition coefficient (Wildman–Crippen LogP) is 4.83. The minimum absolute atomic E-state index is 0.239. The van der Waals surface area contributed by atoms with Crippen molar-refractivity contribution in [1.29, 1.82) is 0 Å². The third-order valence-electron chi connectivity index (χ3n) is 4.00. The highest BCUT2D eigenvalue weighted by molar-refractivity contribution is 9.10. The predicted molar refractivity (Wildman–Crippen MR) is 111 cm³/mol. The van der Waals surface area contributed by atoms with E-state index in [4.69, 9.17) is 23.8 Å². The molecule has 1 aliphatic rings. The quantitative estimate of drug-likeness (QED) is 0.674. The molecule has 2 aromatic rings. The molecule has 2 N–H and O–H groups in total. The van der Waals surface area contributed by atoms with Gasteiger partial charge < -0.3 is 10.2 Å². The summed E-state index contributed by atoms with van der Waals surface area (Å²) in [5.41, 5.74) is 2.25. The van der Waals surface area contributed by atoms with E-state index in [9.17, 15) is 4.79 Å². The first-order valence-electron chi connectivity index (χ1n) is 7.96. The summed E-state index contributed by atoms with van der Waals surface area (Å²) in [6.45, 7) is 1.93. The van der Waals surface area contributed by atoms with Crippen molar-refractivity contribution < 1.29 is 4.79 Å². The number of nitrogens with one attached hydrogen (secondary N) is 2. The van der Waals surface area contributed by atoms with Crippen LogP contribution < -0.4 is 15.5 Å². The first kappa shape index (κ1) is 18.2. The van der Waals surface area contributed by atoms with Gasteiger partial charge >= 0.3 is 0 Å². The molecule has 0 aromatic heterocycles. The average molecular weight is 439 g/mol. The number of carbonyl (C=O) groups excluding carboxylic acids is 1. The zero-order valence-electron chi connectivity index (χ0n) is 13.4. The first-order chi connectivity index (χ1) is 12.1. The Hall–Kier alpha value is -1.63. The fraction of sp³-hybridized carbons (Fsp3) is 0.222. The van der Waals surface area contributed by atoms with Crippen LogP contribution in [0.15, 0.2) is 46.9 Å². The van der Waals surface area contributed by atoms with Crippen LogP contribution in [0.1, 0.15) is 23.2 Å². The number of hydrogen-bond donors (Lipinski definition) is 2. The number of para-hydroxylation sites is 1. The molecule has 1 fully saturated rings. The Morgan fingerprint density at radius 3 is 2.56 bits per heavy atom. The zero-order chi connectivity index (χ0) is 17.8. The molecule has 1 saturated heterocycles. The molecule has 130 valence electrons. The van der Waals surface area contributed by atoms with Gasteiger partial charge in [0.2, 0.25) is 0 Å². The standard InChI is InChI=1S/C18H17BrClN3OS/c19-13-7-2-1-6-12(13)17(24)22-18(25)21-15-9-5-8-14(20)16(15)23-10-3-4-11-23/h1-2,5-9H,3-4,10-11H2,(H2,21,22,24,25). The Balaban J connectivity index is 1.74. The van der Waals surface area contributed by atoms with Crippen LogP contribution in [0.25, 0.3) is 0 Å². The lowest BCUT2D eigenvalue weighted by Gasteiger charge is -2.23. The van der Waals surface area contributed by atoms with Crippen molar-refractivity contribution in [1.82, 2.24) is 5.32 Å². The summed E-state index contributed by atoms with van der Waals surface area (Å²) in [5, 5.41) is 6.73. The summed E-state index contributed by atoms with van der Waals surface area (Å²) >= 11 is 15.1. The number of rotatable bonds is 3. The summed E-state index contributed by atoms with van der Waals surface area (Å²) in [7, 11) is 0. The third kappa shape index (κ3) is 4.32. The fourth-order valence-electron chi connectivity index (χ4n) is 2.85.